The molecule has 1 aliphatic rings. The van der Waals surface area contributed by atoms with Gasteiger partial charge in [0.2, 0.25) is 5.91 Å². The second kappa shape index (κ2) is 10.3. The van der Waals surface area contributed by atoms with Crippen molar-refractivity contribution in [2.75, 3.05) is 19.6 Å². The van der Waals surface area contributed by atoms with E-state index < -0.39 is 0 Å². The van der Waals surface area contributed by atoms with Gasteiger partial charge in [0.1, 0.15) is 0 Å². The molecule has 0 atom stereocenters. The molecule has 2 heterocycles. The predicted molar refractivity (Wildman–Crippen MR) is 98.3 cm³/mol. The summed E-state index contributed by atoms with van der Waals surface area (Å²) in [6.45, 7) is 6.52. The van der Waals surface area contributed by atoms with Crippen LogP contribution in [0.15, 0.2) is 22.8 Å². The fraction of sp³-hybridized carbons (Fsp3) is 0.700. The average Bonchev–Trinajstić information content (AvgIpc) is 3.14. The van der Waals surface area contributed by atoms with Gasteiger partial charge in [-0.25, -0.2) is 0 Å². The lowest BCUT2D eigenvalue weighted by Crippen LogP contribution is -2.43. The van der Waals surface area contributed by atoms with Gasteiger partial charge < -0.3 is 14.6 Å². The van der Waals surface area contributed by atoms with Crippen LogP contribution >= 0.6 is 0 Å². The Morgan fingerprint density at radius 2 is 1.92 bits per heavy atom. The maximum atomic E-state index is 12.2. The number of rotatable bonds is 9. The fourth-order valence-corrected chi connectivity index (χ4v) is 3.29. The Morgan fingerprint density at radius 3 is 2.56 bits per heavy atom. The number of nitrogens with zero attached hydrogens (tertiary/aromatic N) is 1. The third-order valence-corrected chi connectivity index (χ3v) is 4.89. The molecule has 0 spiro atoms. The molecule has 5 heteroatoms. The average molecular weight is 348 g/mol. The smallest absolute Gasteiger partial charge is 0.289 e. The zero-order valence-electron chi connectivity index (χ0n) is 15.6. The standard InChI is InChI=1S/C20H32N2O3/c1-16(2)8-5-3-4-6-12-21-19(23)17-10-13-22(14-11-17)20(24)18-9-7-15-25-18/h7,9,15-17H,3-6,8,10-14H2,1-2H3,(H,21,23). The minimum atomic E-state index is -0.0785. The van der Waals surface area contributed by atoms with E-state index >= 15 is 0 Å². The van der Waals surface area contributed by atoms with Gasteiger partial charge >= 0.3 is 0 Å². The lowest BCUT2D eigenvalue weighted by Gasteiger charge is -2.30. The summed E-state index contributed by atoms with van der Waals surface area (Å²) < 4.78 is 5.16. The minimum Gasteiger partial charge on any atom is -0.459 e. The Labute approximate surface area is 151 Å². The van der Waals surface area contributed by atoms with Crippen molar-refractivity contribution in [3.05, 3.63) is 24.2 Å². The molecule has 1 fully saturated rings. The molecule has 140 valence electrons. The van der Waals surface area contributed by atoms with E-state index in [0.29, 0.717) is 18.8 Å². The third kappa shape index (κ3) is 6.56. The van der Waals surface area contributed by atoms with Crippen molar-refractivity contribution in [1.29, 1.82) is 0 Å². The highest BCUT2D eigenvalue weighted by Gasteiger charge is 2.28. The number of carbonyl (C=O) groups excluding carboxylic acids is 2. The normalized spacial score (nSPS) is 15.6. The van der Waals surface area contributed by atoms with E-state index in [1.807, 2.05) is 0 Å². The van der Waals surface area contributed by atoms with Crippen molar-refractivity contribution in [3.63, 3.8) is 0 Å². The van der Waals surface area contributed by atoms with Gasteiger partial charge in [-0.15, -0.1) is 0 Å². The van der Waals surface area contributed by atoms with Crippen LogP contribution in [-0.2, 0) is 4.79 Å². The summed E-state index contributed by atoms with van der Waals surface area (Å²) in [5.74, 6) is 1.25. The van der Waals surface area contributed by atoms with Crippen LogP contribution in [-0.4, -0.2) is 36.3 Å². The van der Waals surface area contributed by atoms with Gasteiger partial charge in [-0.3, -0.25) is 9.59 Å². The summed E-state index contributed by atoms with van der Waals surface area (Å²) in [6, 6.07) is 3.40. The maximum absolute atomic E-state index is 12.2. The van der Waals surface area contributed by atoms with Crippen LogP contribution in [0.5, 0.6) is 0 Å². The predicted octanol–water partition coefficient (Wildman–Crippen LogP) is 3.85. The van der Waals surface area contributed by atoms with Gasteiger partial charge in [-0.2, -0.15) is 0 Å². The van der Waals surface area contributed by atoms with Crippen molar-refractivity contribution in [2.45, 2.75) is 58.8 Å². The molecule has 1 saturated heterocycles. The first-order chi connectivity index (χ1) is 12.1. The molecule has 1 aromatic heterocycles. The van der Waals surface area contributed by atoms with Crippen molar-refractivity contribution in [1.82, 2.24) is 10.2 Å². The Balaban J connectivity index is 1.57. The van der Waals surface area contributed by atoms with Crippen LogP contribution in [0.4, 0.5) is 0 Å². The first-order valence-corrected chi connectivity index (χ1v) is 9.68. The number of nitrogens with one attached hydrogen (secondary N) is 1. The minimum absolute atomic E-state index is 0.0293. The summed E-state index contributed by atoms with van der Waals surface area (Å²) in [7, 11) is 0. The molecule has 0 unspecified atom stereocenters. The largest absolute Gasteiger partial charge is 0.459 e. The Morgan fingerprint density at radius 1 is 1.20 bits per heavy atom. The number of unbranched alkanes of at least 4 members (excludes halogenated alkanes) is 3. The summed E-state index contributed by atoms with van der Waals surface area (Å²) in [5, 5.41) is 3.06. The summed E-state index contributed by atoms with van der Waals surface area (Å²) in [6.07, 6.45) is 9.04. The highest BCUT2D eigenvalue weighted by Crippen LogP contribution is 2.19. The lowest BCUT2D eigenvalue weighted by molar-refractivity contribution is -0.126. The molecule has 25 heavy (non-hydrogen) atoms. The molecule has 1 aliphatic heterocycles. The van der Waals surface area contributed by atoms with E-state index in [1.165, 1.54) is 31.9 Å². The van der Waals surface area contributed by atoms with Crippen molar-refractivity contribution in [3.8, 4) is 0 Å². The molecule has 0 radical (unpaired) electrons. The summed E-state index contributed by atoms with van der Waals surface area (Å²) >= 11 is 0. The summed E-state index contributed by atoms with van der Waals surface area (Å²) in [5.41, 5.74) is 0. The van der Waals surface area contributed by atoms with Crippen LogP contribution in [0.25, 0.3) is 0 Å². The number of hydrogen-bond acceptors (Lipinski definition) is 3. The number of furan rings is 1. The zero-order valence-corrected chi connectivity index (χ0v) is 15.6. The van der Waals surface area contributed by atoms with E-state index in [1.54, 1.807) is 17.0 Å². The molecule has 0 saturated carbocycles. The Bertz CT molecular complexity index is 517. The molecule has 1 aromatic rings. The van der Waals surface area contributed by atoms with Gasteiger partial charge in [0.25, 0.3) is 5.91 Å². The van der Waals surface area contributed by atoms with E-state index in [0.717, 1.165) is 31.7 Å². The van der Waals surface area contributed by atoms with E-state index in [-0.39, 0.29) is 17.7 Å². The molecule has 5 nitrogen and oxygen atoms in total. The molecule has 2 amide bonds. The SMILES string of the molecule is CC(C)CCCCCCNC(=O)C1CCN(C(=O)c2ccco2)CC1. The molecule has 2 rings (SSSR count). The molecular formula is C20H32N2O3. The van der Waals surface area contributed by atoms with Crippen LogP contribution in [0.1, 0.15) is 69.3 Å². The maximum Gasteiger partial charge on any atom is 0.289 e. The molecule has 0 bridgehead atoms. The molecule has 1 N–H and O–H groups in total. The van der Waals surface area contributed by atoms with Crippen molar-refractivity contribution in [2.24, 2.45) is 11.8 Å². The number of likely N-dealkylation sites (tertiary alicyclic amines) is 1. The second-order valence-corrected chi connectivity index (χ2v) is 7.43. The topological polar surface area (TPSA) is 62.6 Å². The van der Waals surface area contributed by atoms with Gasteiger partial charge in [0.05, 0.1) is 6.26 Å². The van der Waals surface area contributed by atoms with Crippen LogP contribution < -0.4 is 5.32 Å². The number of carbonyl (C=O) groups is 2. The lowest BCUT2D eigenvalue weighted by atomic mass is 9.95. The van der Waals surface area contributed by atoms with E-state index in [9.17, 15) is 9.59 Å². The van der Waals surface area contributed by atoms with Gasteiger partial charge in [-0.05, 0) is 37.3 Å². The highest BCUT2D eigenvalue weighted by molar-refractivity contribution is 5.91. The molecule has 0 aliphatic carbocycles. The first kappa shape index (κ1) is 19.5. The van der Waals surface area contributed by atoms with Crippen LogP contribution in [0, 0.1) is 11.8 Å². The summed E-state index contributed by atoms with van der Waals surface area (Å²) in [4.78, 5) is 26.2. The first-order valence-electron chi connectivity index (χ1n) is 9.68. The monoisotopic (exact) mass is 348 g/mol. The number of hydrogen-bond donors (Lipinski definition) is 1. The van der Waals surface area contributed by atoms with Gasteiger partial charge in [0, 0.05) is 25.6 Å². The molecule has 0 aromatic carbocycles. The molecular weight excluding hydrogens is 316 g/mol. The van der Waals surface area contributed by atoms with Crippen LogP contribution in [0.2, 0.25) is 0 Å². The fourth-order valence-electron chi connectivity index (χ4n) is 3.29. The number of piperidine rings is 1. The zero-order chi connectivity index (χ0) is 18.1. The van der Waals surface area contributed by atoms with Crippen LogP contribution in [0.3, 0.4) is 0 Å². The van der Waals surface area contributed by atoms with Crippen molar-refractivity contribution >= 4 is 11.8 Å². The van der Waals surface area contributed by atoms with Gasteiger partial charge in [-0.1, -0.05) is 39.5 Å². The highest BCUT2D eigenvalue weighted by atomic mass is 16.3. The Hall–Kier alpha value is -1.78. The van der Waals surface area contributed by atoms with E-state index in [4.69, 9.17) is 4.42 Å². The van der Waals surface area contributed by atoms with Gasteiger partial charge in [0.15, 0.2) is 5.76 Å². The van der Waals surface area contributed by atoms with Crippen molar-refractivity contribution < 1.29 is 14.0 Å². The number of amides is 2. The Kier molecular flexibility index (Phi) is 8.02. The second-order valence-electron chi connectivity index (χ2n) is 7.43. The third-order valence-electron chi connectivity index (χ3n) is 4.89. The van der Waals surface area contributed by atoms with E-state index in [2.05, 4.69) is 19.2 Å². The quantitative estimate of drug-likeness (QED) is 0.689.